The van der Waals surface area contributed by atoms with Gasteiger partial charge in [-0.2, -0.15) is 0 Å². The van der Waals surface area contributed by atoms with Crippen molar-refractivity contribution in [2.24, 2.45) is 11.1 Å². The van der Waals surface area contributed by atoms with Crippen molar-refractivity contribution in [2.75, 3.05) is 31.1 Å². The summed E-state index contributed by atoms with van der Waals surface area (Å²) >= 11 is 0.979. The molecule has 1 aliphatic heterocycles. The van der Waals surface area contributed by atoms with Crippen LogP contribution in [-0.2, 0) is 21.4 Å². The lowest BCUT2D eigenvalue weighted by Gasteiger charge is -2.37. The van der Waals surface area contributed by atoms with Crippen LogP contribution in [0, 0.1) is 5.92 Å². The summed E-state index contributed by atoms with van der Waals surface area (Å²) in [6, 6.07) is 6.34. The van der Waals surface area contributed by atoms with Crippen LogP contribution in [0.25, 0.3) is 10.2 Å². The maximum atomic E-state index is 13.5. The number of piperazine rings is 1. The highest BCUT2D eigenvalue weighted by Crippen LogP contribution is 2.29. The predicted octanol–water partition coefficient (Wildman–Crippen LogP) is 1.45. The Kier molecular flexibility index (Phi) is 7.23. The van der Waals surface area contributed by atoms with Gasteiger partial charge in [0.2, 0.25) is 16.2 Å². The molecule has 1 aromatic carbocycles. The number of nitrogens with two attached hydrogens (primary N) is 1. The Labute approximate surface area is 223 Å². The van der Waals surface area contributed by atoms with Crippen molar-refractivity contribution in [3.05, 3.63) is 48.5 Å². The van der Waals surface area contributed by atoms with Crippen LogP contribution in [0.4, 0.5) is 5.95 Å². The Hall–Kier alpha value is -3.69. The fraction of sp³-hybridized carbons (Fsp3) is 0.391. The van der Waals surface area contributed by atoms with E-state index in [0.717, 1.165) is 11.3 Å². The molecule has 0 radical (unpaired) electrons. The third-order valence-corrected chi connectivity index (χ3v) is 8.46. The summed E-state index contributed by atoms with van der Waals surface area (Å²) in [6.45, 7) is 6.53. The third kappa shape index (κ3) is 5.58. The van der Waals surface area contributed by atoms with Gasteiger partial charge in [-0.3, -0.25) is 4.79 Å². The van der Waals surface area contributed by atoms with E-state index in [0.29, 0.717) is 53.8 Å². The lowest BCUT2D eigenvalue weighted by molar-refractivity contribution is -0.136. The van der Waals surface area contributed by atoms with E-state index in [1.54, 1.807) is 47.5 Å². The number of anilines is 1. The number of thiazole rings is 1. The Balaban J connectivity index is 1.23. The molecule has 0 saturated carbocycles. The molecule has 1 fully saturated rings. The van der Waals surface area contributed by atoms with Crippen molar-refractivity contribution in [1.29, 1.82) is 0 Å². The molecule has 13 nitrogen and oxygen atoms in total. The number of hydrogen-bond acceptors (Lipinski definition) is 11. The highest BCUT2D eigenvalue weighted by atomic mass is 32.2. The first-order chi connectivity index (χ1) is 18.2. The van der Waals surface area contributed by atoms with Gasteiger partial charge < -0.3 is 14.5 Å². The molecule has 0 spiro atoms. The summed E-state index contributed by atoms with van der Waals surface area (Å²) < 4.78 is 31.1. The SMILES string of the molecule is CC(C)[C@@H](C(=O)N1CCN(c2ncccn2)CC1)n1cc(COc2ccc3nc(S(N)(=O)=O)sc3c2)nn1. The topological polar surface area (TPSA) is 162 Å². The fourth-order valence-corrected chi connectivity index (χ4v) is 5.93. The summed E-state index contributed by atoms with van der Waals surface area (Å²) in [5.74, 6) is 1.18. The number of aromatic nitrogens is 6. The molecule has 38 heavy (non-hydrogen) atoms. The van der Waals surface area contributed by atoms with E-state index < -0.39 is 16.1 Å². The standard InChI is InChI=1S/C23H27N9O4S2/c1-15(2)20(21(33)30-8-10-31(11-9-30)22-25-6-3-7-26-22)32-13-16(28-29-32)14-36-17-4-5-18-19(12-17)37-23(27-18)38(24,34)35/h3-7,12-13,15,20H,8-11,14H2,1-2H3,(H2,24,34,35)/t20-/m0/s1. The van der Waals surface area contributed by atoms with Gasteiger partial charge in [0.1, 0.15) is 24.1 Å². The van der Waals surface area contributed by atoms with Gasteiger partial charge >= 0.3 is 0 Å². The van der Waals surface area contributed by atoms with E-state index >= 15 is 0 Å². The van der Waals surface area contributed by atoms with Crippen LogP contribution in [0.5, 0.6) is 5.75 Å². The number of sulfonamides is 1. The molecule has 1 amide bonds. The number of carbonyl (C=O) groups excluding carboxylic acids is 1. The largest absolute Gasteiger partial charge is 0.487 e. The minimum Gasteiger partial charge on any atom is -0.487 e. The van der Waals surface area contributed by atoms with Crippen LogP contribution in [0.1, 0.15) is 25.6 Å². The van der Waals surface area contributed by atoms with E-state index in [1.807, 2.05) is 18.7 Å². The first-order valence-corrected chi connectivity index (χ1v) is 14.3. The number of amides is 1. The molecule has 0 aliphatic carbocycles. The van der Waals surface area contributed by atoms with Gasteiger partial charge in [-0.25, -0.2) is 33.2 Å². The van der Waals surface area contributed by atoms with Crippen molar-refractivity contribution >= 4 is 43.4 Å². The molecule has 3 aromatic heterocycles. The molecular formula is C23H27N9O4S2. The second-order valence-corrected chi connectivity index (χ2v) is 11.9. The number of fused-ring (bicyclic) bond motifs is 1. The molecule has 0 unspecified atom stereocenters. The van der Waals surface area contributed by atoms with Crippen LogP contribution in [0.3, 0.4) is 0 Å². The number of rotatable bonds is 8. The quantitative estimate of drug-likeness (QED) is 0.335. The van der Waals surface area contributed by atoms with Crippen molar-refractivity contribution < 1.29 is 17.9 Å². The predicted molar refractivity (Wildman–Crippen MR) is 140 cm³/mol. The number of carbonyl (C=O) groups is 1. The van der Waals surface area contributed by atoms with Crippen LogP contribution in [0.15, 0.2) is 47.2 Å². The second kappa shape index (κ2) is 10.6. The molecule has 5 rings (SSSR count). The maximum absolute atomic E-state index is 13.5. The highest BCUT2D eigenvalue weighted by molar-refractivity contribution is 7.91. The first kappa shape index (κ1) is 25.9. The summed E-state index contributed by atoms with van der Waals surface area (Å²) in [6.07, 6.45) is 5.15. The molecule has 1 atom stereocenters. The number of nitrogens with zero attached hydrogens (tertiary/aromatic N) is 8. The molecule has 4 aromatic rings. The smallest absolute Gasteiger partial charge is 0.265 e. The fourth-order valence-electron chi connectivity index (χ4n) is 4.24. The summed E-state index contributed by atoms with van der Waals surface area (Å²) in [4.78, 5) is 30.0. The third-order valence-electron chi connectivity index (χ3n) is 6.12. The zero-order valence-corrected chi connectivity index (χ0v) is 22.5. The van der Waals surface area contributed by atoms with E-state index in [2.05, 4.69) is 30.2 Å². The van der Waals surface area contributed by atoms with E-state index in [4.69, 9.17) is 9.88 Å². The van der Waals surface area contributed by atoms with Gasteiger partial charge in [-0.05, 0) is 30.2 Å². The van der Waals surface area contributed by atoms with Crippen LogP contribution >= 0.6 is 11.3 Å². The van der Waals surface area contributed by atoms with Gasteiger partial charge in [0.15, 0.2) is 0 Å². The van der Waals surface area contributed by atoms with Gasteiger partial charge in [-0.15, -0.1) is 16.4 Å². The van der Waals surface area contributed by atoms with Crippen molar-refractivity contribution in [3.63, 3.8) is 0 Å². The molecule has 15 heteroatoms. The van der Waals surface area contributed by atoms with Crippen molar-refractivity contribution in [2.45, 2.75) is 30.8 Å². The van der Waals surface area contributed by atoms with Crippen LogP contribution < -0.4 is 14.8 Å². The zero-order chi connectivity index (χ0) is 26.9. The zero-order valence-electron chi connectivity index (χ0n) is 20.8. The summed E-state index contributed by atoms with van der Waals surface area (Å²) in [7, 11) is -3.87. The Morgan fingerprint density at radius 2 is 1.89 bits per heavy atom. The van der Waals surface area contributed by atoms with Crippen LogP contribution in [0.2, 0.25) is 0 Å². The van der Waals surface area contributed by atoms with Crippen molar-refractivity contribution in [3.8, 4) is 5.75 Å². The van der Waals surface area contributed by atoms with Gasteiger partial charge in [0.25, 0.3) is 10.0 Å². The second-order valence-electron chi connectivity index (χ2n) is 9.18. The summed E-state index contributed by atoms with van der Waals surface area (Å²) in [5, 5.41) is 13.6. The van der Waals surface area contributed by atoms with E-state index in [9.17, 15) is 13.2 Å². The molecule has 2 N–H and O–H groups in total. The lowest BCUT2D eigenvalue weighted by atomic mass is 10.0. The average Bonchev–Trinajstić information content (AvgIpc) is 3.55. The normalized spacial score (nSPS) is 15.3. The number of hydrogen-bond donors (Lipinski definition) is 1. The van der Waals surface area contributed by atoms with Gasteiger partial charge in [-0.1, -0.05) is 19.1 Å². The first-order valence-electron chi connectivity index (χ1n) is 12.0. The Morgan fingerprint density at radius 1 is 1.16 bits per heavy atom. The molecule has 1 aliphatic rings. The molecular weight excluding hydrogens is 530 g/mol. The molecule has 4 heterocycles. The van der Waals surface area contributed by atoms with E-state index in [1.165, 1.54) is 0 Å². The minimum atomic E-state index is -3.87. The lowest BCUT2D eigenvalue weighted by Crippen LogP contribution is -2.51. The van der Waals surface area contributed by atoms with Crippen molar-refractivity contribution in [1.82, 2.24) is 34.8 Å². The average molecular weight is 558 g/mol. The maximum Gasteiger partial charge on any atom is 0.265 e. The van der Waals surface area contributed by atoms with E-state index in [-0.39, 0.29) is 22.8 Å². The Bertz CT molecular complexity index is 1530. The number of primary sulfonamides is 1. The molecule has 200 valence electrons. The highest BCUT2D eigenvalue weighted by Gasteiger charge is 2.32. The minimum absolute atomic E-state index is 0.00443. The van der Waals surface area contributed by atoms with Crippen LogP contribution in [-0.4, -0.2) is 75.3 Å². The number of benzene rings is 1. The summed E-state index contributed by atoms with van der Waals surface area (Å²) in [5.41, 5.74) is 1.08. The molecule has 0 bridgehead atoms. The van der Waals surface area contributed by atoms with Gasteiger partial charge in [0.05, 0.1) is 16.4 Å². The molecule has 1 saturated heterocycles. The monoisotopic (exact) mass is 557 g/mol. The number of ether oxygens (including phenoxy) is 1. The van der Waals surface area contributed by atoms with Gasteiger partial charge in [0, 0.05) is 38.6 Å². The Morgan fingerprint density at radius 3 is 2.58 bits per heavy atom.